The van der Waals surface area contributed by atoms with Crippen LogP contribution in [0.2, 0.25) is 0 Å². The molecule has 1 N–H and O–H groups in total. The van der Waals surface area contributed by atoms with Gasteiger partial charge in [-0.15, -0.1) is 0 Å². The second-order valence-corrected chi connectivity index (χ2v) is 7.50. The quantitative estimate of drug-likeness (QED) is 0.653. The van der Waals surface area contributed by atoms with Crippen LogP contribution in [0.25, 0.3) is 0 Å². The van der Waals surface area contributed by atoms with Gasteiger partial charge in [-0.3, -0.25) is 19.3 Å². The van der Waals surface area contributed by atoms with Crippen LogP contribution in [0.5, 0.6) is 11.5 Å². The van der Waals surface area contributed by atoms with Crippen LogP contribution >= 0.6 is 0 Å². The van der Waals surface area contributed by atoms with E-state index in [-0.39, 0.29) is 24.1 Å². The van der Waals surface area contributed by atoms with Crippen LogP contribution in [0.15, 0.2) is 42.5 Å². The number of imide groups is 1. The zero-order valence-corrected chi connectivity index (χ0v) is 18.2. The van der Waals surface area contributed by atoms with Gasteiger partial charge in [0.25, 0.3) is 11.8 Å². The fourth-order valence-electron chi connectivity index (χ4n) is 3.48. The van der Waals surface area contributed by atoms with Gasteiger partial charge in [0.1, 0.15) is 6.04 Å². The second kappa shape index (κ2) is 9.51. The van der Waals surface area contributed by atoms with E-state index in [1.807, 2.05) is 12.1 Å². The summed E-state index contributed by atoms with van der Waals surface area (Å²) in [5.41, 5.74) is 2.18. The number of rotatable bonds is 8. The number of carbonyl (C=O) groups excluding carboxylic acids is 3. The summed E-state index contributed by atoms with van der Waals surface area (Å²) in [4.78, 5) is 40.0. The maximum atomic E-state index is 12.8. The Labute approximate surface area is 181 Å². The molecule has 2 aromatic carbocycles. The van der Waals surface area contributed by atoms with Gasteiger partial charge in [-0.25, -0.2) is 0 Å². The van der Waals surface area contributed by atoms with Crippen molar-refractivity contribution in [2.45, 2.75) is 18.9 Å². The van der Waals surface area contributed by atoms with Crippen molar-refractivity contribution in [1.29, 1.82) is 0 Å². The summed E-state index contributed by atoms with van der Waals surface area (Å²) in [5, 5.41) is 3.10. The molecule has 3 amide bonds. The largest absolute Gasteiger partial charge is 0.493 e. The minimum atomic E-state index is -0.617. The molecule has 3 rings (SSSR count). The summed E-state index contributed by atoms with van der Waals surface area (Å²) in [5.74, 6) is 0.679. The minimum absolute atomic E-state index is 0.0972. The van der Waals surface area contributed by atoms with Crippen molar-refractivity contribution in [2.24, 2.45) is 0 Å². The molecule has 0 aromatic heterocycles. The van der Waals surface area contributed by atoms with Gasteiger partial charge in [0.2, 0.25) is 5.91 Å². The van der Waals surface area contributed by atoms with Gasteiger partial charge in [-0.1, -0.05) is 6.07 Å². The lowest BCUT2D eigenvalue weighted by atomic mass is 10.1. The molecule has 164 valence electrons. The van der Waals surface area contributed by atoms with Crippen LogP contribution in [0.1, 0.15) is 22.3 Å². The van der Waals surface area contributed by atoms with E-state index >= 15 is 0 Å². The molecule has 2 aromatic rings. The zero-order chi connectivity index (χ0) is 22.5. The van der Waals surface area contributed by atoms with Crippen molar-refractivity contribution >= 4 is 23.4 Å². The number of benzene rings is 2. The predicted molar refractivity (Wildman–Crippen MR) is 116 cm³/mol. The molecule has 8 nitrogen and oxygen atoms in total. The van der Waals surface area contributed by atoms with E-state index in [1.54, 1.807) is 58.6 Å². The van der Waals surface area contributed by atoms with Crippen molar-refractivity contribution in [2.75, 3.05) is 40.2 Å². The third-order valence-electron chi connectivity index (χ3n) is 5.19. The van der Waals surface area contributed by atoms with E-state index in [2.05, 4.69) is 5.32 Å². The number of likely N-dealkylation sites (tertiary alicyclic amines) is 1. The average molecular weight is 425 g/mol. The first kappa shape index (κ1) is 22.1. The number of nitrogens with one attached hydrogen (secondary N) is 1. The first-order valence-corrected chi connectivity index (χ1v) is 9.97. The Morgan fingerprint density at radius 3 is 2.35 bits per heavy atom. The number of nitrogens with zero attached hydrogens (tertiary/aromatic N) is 2. The van der Waals surface area contributed by atoms with E-state index in [0.717, 1.165) is 5.56 Å². The first-order chi connectivity index (χ1) is 14.8. The second-order valence-electron chi connectivity index (χ2n) is 7.50. The summed E-state index contributed by atoms with van der Waals surface area (Å²) in [6.07, 6.45) is 0.620. The van der Waals surface area contributed by atoms with Gasteiger partial charge >= 0.3 is 0 Å². The third kappa shape index (κ3) is 4.96. The van der Waals surface area contributed by atoms with Crippen molar-refractivity contribution in [3.8, 4) is 11.5 Å². The Morgan fingerprint density at radius 1 is 1.06 bits per heavy atom. The summed E-state index contributed by atoms with van der Waals surface area (Å²) < 4.78 is 10.5. The van der Waals surface area contributed by atoms with E-state index in [9.17, 15) is 14.4 Å². The highest BCUT2D eigenvalue weighted by Gasteiger charge is 2.38. The number of amides is 3. The molecule has 1 fully saturated rings. The molecule has 1 atom stereocenters. The van der Waals surface area contributed by atoms with Crippen molar-refractivity contribution in [1.82, 2.24) is 9.80 Å². The molecule has 0 saturated carbocycles. The van der Waals surface area contributed by atoms with Gasteiger partial charge in [0.05, 0.1) is 20.6 Å². The number of anilines is 1. The standard InChI is InChI=1S/C23H27N3O5/c1-25(2)22(28)16-6-8-17(9-7-16)24-18-14-21(27)26(23(18)29)12-11-15-5-10-19(30-3)20(13-15)31-4/h5-10,13,18,24H,11-12,14H2,1-4H3/t18-/m1/s1. The topological polar surface area (TPSA) is 88.2 Å². The van der Waals surface area contributed by atoms with Crippen LogP contribution in [0.4, 0.5) is 5.69 Å². The summed E-state index contributed by atoms with van der Waals surface area (Å²) in [6, 6.07) is 11.8. The number of hydrogen-bond acceptors (Lipinski definition) is 6. The third-order valence-corrected chi connectivity index (χ3v) is 5.19. The molecular weight excluding hydrogens is 398 g/mol. The zero-order valence-electron chi connectivity index (χ0n) is 18.2. The SMILES string of the molecule is COc1ccc(CCN2C(=O)C[C@@H](Nc3ccc(C(=O)N(C)C)cc3)C2=O)cc1OC. The summed E-state index contributed by atoms with van der Waals surface area (Å²) in [7, 11) is 6.51. The first-order valence-electron chi connectivity index (χ1n) is 9.97. The highest BCUT2D eigenvalue weighted by Crippen LogP contribution is 2.28. The Bertz CT molecular complexity index is 972. The highest BCUT2D eigenvalue weighted by atomic mass is 16.5. The Hall–Kier alpha value is -3.55. The van der Waals surface area contributed by atoms with Crippen molar-refractivity contribution < 1.29 is 23.9 Å². The fraction of sp³-hybridized carbons (Fsp3) is 0.348. The van der Waals surface area contributed by atoms with E-state index < -0.39 is 6.04 Å². The summed E-state index contributed by atoms with van der Waals surface area (Å²) in [6.45, 7) is 0.293. The monoisotopic (exact) mass is 425 g/mol. The van der Waals surface area contributed by atoms with Gasteiger partial charge in [0, 0.05) is 31.9 Å². The molecule has 0 radical (unpaired) electrons. The molecule has 1 saturated heterocycles. The maximum Gasteiger partial charge on any atom is 0.253 e. The molecule has 0 unspecified atom stereocenters. The van der Waals surface area contributed by atoms with Gasteiger partial charge in [0.15, 0.2) is 11.5 Å². The normalized spacial score (nSPS) is 15.7. The Kier molecular flexibility index (Phi) is 6.79. The fourth-order valence-corrected chi connectivity index (χ4v) is 3.48. The molecule has 1 aliphatic rings. The number of ether oxygens (including phenoxy) is 2. The smallest absolute Gasteiger partial charge is 0.253 e. The molecule has 31 heavy (non-hydrogen) atoms. The maximum absolute atomic E-state index is 12.8. The Morgan fingerprint density at radius 2 is 1.74 bits per heavy atom. The molecule has 1 aliphatic heterocycles. The van der Waals surface area contributed by atoms with Gasteiger partial charge < -0.3 is 19.7 Å². The average Bonchev–Trinajstić information content (AvgIpc) is 3.04. The highest BCUT2D eigenvalue weighted by molar-refractivity contribution is 6.06. The molecule has 1 heterocycles. The lowest BCUT2D eigenvalue weighted by Crippen LogP contribution is -2.36. The van der Waals surface area contributed by atoms with Crippen LogP contribution in [0, 0.1) is 0 Å². The van der Waals surface area contributed by atoms with Gasteiger partial charge in [-0.2, -0.15) is 0 Å². The van der Waals surface area contributed by atoms with Crippen LogP contribution < -0.4 is 14.8 Å². The molecule has 0 aliphatic carbocycles. The molecule has 8 heteroatoms. The van der Waals surface area contributed by atoms with Gasteiger partial charge in [-0.05, 0) is 48.4 Å². The summed E-state index contributed by atoms with van der Waals surface area (Å²) >= 11 is 0. The number of hydrogen-bond donors (Lipinski definition) is 1. The number of methoxy groups -OCH3 is 2. The van der Waals surface area contributed by atoms with E-state index in [1.165, 1.54) is 9.80 Å². The molecule has 0 bridgehead atoms. The predicted octanol–water partition coefficient (Wildman–Crippen LogP) is 2.19. The lowest BCUT2D eigenvalue weighted by molar-refractivity contribution is -0.138. The van der Waals surface area contributed by atoms with Crippen molar-refractivity contribution in [3.63, 3.8) is 0 Å². The van der Waals surface area contributed by atoms with Crippen LogP contribution in [-0.2, 0) is 16.0 Å². The Balaban J connectivity index is 1.61. The van der Waals surface area contributed by atoms with Crippen molar-refractivity contribution in [3.05, 3.63) is 53.6 Å². The van der Waals surface area contributed by atoms with E-state index in [0.29, 0.717) is 35.7 Å². The molecular formula is C23H27N3O5. The van der Waals surface area contributed by atoms with E-state index in [4.69, 9.17) is 9.47 Å². The van der Waals surface area contributed by atoms with Crippen LogP contribution in [-0.4, -0.2) is 68.4 Å². The minimum Gasteiger partial charge on any atom is -0.493 e. The lowest BCUT2D eigenvalue weighted by Gasteiger charge is -2.17. The van der Waals surface area contributed by atoms with Crippen LogP contribution in [0.3, 0.4) is 0 Å². The number of carbonyl (C=O) groups is 3. The molecule has 0 spiro atoms.